The first-order chi connectivity index (χ1) is 11.3. The molecule has 1 aliphatic heterocycles. The quantitative estimate of drug-likeness (QED) is 0.624. The number of hydrogen-bond acceptors (Lipinski definition) is 4. The van der Waals surface area contributed by atoms with Crippen LogP contribution in [0.25, 0.3) is 21.3 Å². The number of aromatic nitrogens is 2. The summed E-state index contributed by atoms with van der Waals surface area (Å²) in [6.07, 6.45) is 6.82. The molecule has 0 bridgehead atoms. The van der Waals surface area contributed by atoms with Crippen molar-refractivity contribution in [3.05, 3.63) is 41.0 Å². The molecule has 23 heavy (non-hydrogen) atoms. The lowest BCUT2D eigenvalue weighted by Crippen LogP contribution is -2.25. The molecule has 1 aromatic carbocycles. The summed E-state index contributed by atoms with van der Waals surface area (Å²) < 4.78 is 0. The van der Waals surface area contributed by atoms with Crippen LogP contribution in [0.4, 0.5) is 5.82 Å². The van der Waals surface area contributed by atoms with Gasteiger partial charge in [0.1, 0.15) is 17.0 Å². The van der Waals surface area contributed by atoms with Crippen LogP contribution >= 0.6 is 22.9 Å². The van der Waals surface area contributed by atoms with Gasteiger partial charge in [0.05, 0.1) is 5.39 Å². The average molecular weight is 344 g/mol. The summed E-state index contributed by atoms with van der Waals surface area (Å²) in [7, 11) is 0. The molecular weight excluding hydrogens is 326 g/mol. The zero-order valence-corrected chi connectivity index (χ0v) is 14.4. The van der Waals surface area contributed by atoms with Crippen LogP contribution in [-0.4, -0.2) is 23.1 Å². The molecule has 1 saturated heterocycles. The van der Waals surface area contributed by atoms with E-state index in [0.717, 1.165) is 28.8 Å². The SMILES string of the molecule is Clc1ccc(-c2csc3ncnc(N4CCCCCC4)c23)cc1. The summed E-state index contributed by atoms with van der Waals surface area (Å²) in [6.45, 7) is 2.17. The Kier molecular flexibility index (Phi) is 4.19. The highest BCUT2D eigenvalue weighted by Crippen LogP contribution is 2.38. The van der Waals surface area contributed by atoms with Gasteiger partial charge in [0.2, 0.25) is 0 Å². The Morgan fingerprint density at radius 1 is 0.957 bits per heavy atom. The van der Waals surface area contributed by atoms with Crippen molar-refractivity contribution in [3.8, 4) is 11.1 Å². The van der Waals surface area contributed by atoms with E-state index >= 15 is 0 Å². The van der Waals surface area contributed by atoms with Gasteiger partial charge in [0.25, 0.3) is 0 Å². The Morgan fingerprint density at radius 3 is 2.43 bits per heavy atom. The lowest BCUT2D eigenvalue weighted by molar-refractivity contribution is 0.726. The largest absolute Gasteiger partial charge is 0.356 e. The van der Waals surface area contributed by atoms with E-state index in [1.54, 1.807) is 17.7 Å². The minimum atomic E-state index is 0.761. The molecule has 4 rings (SSSR count). The Balaban J connectivity index is 1.84. The van der Waals surface area contributed by atoms with Gasteiger partial charge in [-0.05, 0) is 30.5 Å². The molecule has 3 aromatic rings. The maximum absolute atomic E-state index is 6.03. The third-order valence-electron chi connectivity index (χ3n) is 4.41. The van der Waals surface area contributed by atoms with Crippen LogP contribution in [0.5, 0.6) is 0 Å². The van der Waals surface area contributed by atoms with Crippen molar-refractivity contribution < 1.29 is 0 Å². The van der Waals surface area contributed by atoms with Crippen molar-refractivity contribution in [2.24, 2.45) is 0 Å². The van der Waals surface area contributed by atoms with Crippen LogP contribution in [0.3, 0.4) is 0 Å². The molecule has 3 nitrogen and oxygen atoms in total. The minimum Gasteiger partial charge on any atom is -0.356 e. The van der Waals surface area contributed by atoms with Gasteiger partial charge >= 0.3 is 0 Å². The monoisotopic (exact) mass is 343 g/mol. The molecule has 0 spiro atoms. The van der Waals surface area contributed by atoms with Gasteiger partial charge in [-0.3, -0.25) is 0 Å². The molecule has 0 N–H and O–H groups in total. The zero-order valence-electron chi connectivity index (χ0n) is 12.8. The molecular formula is C18H18ClN3S. The Hall–Kier alpha value is -1.65. The summed E-state index contributed by atoms with van der Waals surface area (Å²) in [5, 5.41) is 4.13. The Bertz CT molecular complexity index is 805. The number of anilines is 1. The summed E-state index contributed by atoms with van der Waals surface area (Å²) >= 11 is 7.72. The number of benzene rings is 1. The van der Waals surface area contributed by atoms with Gasteiger partial charge in [0, 0.05) is 29.1 Å². The van der Waals surface area contributed by atoms with E-state index in [-0.39, 0.29) is 0 Å². The van der Waals surface area contributed by atoms with Crippen molar-refractivity contribution in [1.29, 1.82) is 0 Å². The fourth-order valence-electron chi connectivity index (χ4n) is 3.22. The van der Waals surface area contributed by atoms with Crippen LogP contribution in [0.1, 0.15) is 25.7 Å². The second-order valence-corrected chi connectivity index (χ2v) is 7.23. The number of hydrogen-bond donors (Lipinski definition) is 0. The van der Waals surface area contributed by atoms with Crippen molar-refractivity contribution in [2.45, 2.75) is 25.7 Å². The van der Waals surface area contributed by atoms with E-state index in [1.165, 1.54) is 42.2 Å². The summed E-state index contributed by atoms with van der Waals surface area (Å²) in [4.78, 5) is 12.6. The molecule has 1 aliphatic rings. The standard InChI is InChI=1S/C18H18ClN3S/c19-14-7-5-13(6-8-14)15-11-23-18-16(15)17(20-12-21-18)22-9-3-1-2-4-10-22/h5-8,11-12H,1-4,9-10H2. The molecule has 0 saturated carbocycles. The van der Waals surface area contributed by atoms with Crippen LogP contribution < -0.4 is 4.90 Å². The van der Waals surface area contributed by atoms with Gasteiger partial charge in [-0.1, -0.05) is 36.6 Å². The summed E-state index contributed by atoms with van der Waals surface area (Å²) in [5.74, 6) is 1.09. The second-order valence-electron chi connectivity index (χ2n) is 5.93. The highest BCUT2D eigenvalue weighted by Gasteiger charge is 2.18. The number of halogens is 1. The smallest absolute Gasteiger partial charge is 0.141 e. The first-order valence-corrected chi connectivity index (χ1v) is 9.32. The first kappa shape index (κ1) is 14.9. The summed E-state index contributed by atoms with van der Waals surface area (Å²) in [6, 6.07) is 8.03. The molecule has 1 fully saturated rings. The van der Waals surface area contributed by atoms with Crippen LogP contribution in [0, 0.1) is 0 Å². The Labute approximate surface area is 144 Å². The van der Waals surface area contributed by atoms with E-state index in [1.807, 2.05) is 12.1 Å². The molecule has 0 amide bonds. The van der Waals surface area contributed by atoms with E-state index in [0.29, 0.717) is 0 Å². The van der Waals surface area contributed by atoms with Crippen molar-refractivity contribution in [3.63, 3.8) is 0 Å². The van der Waals surface area contributed by atoms with Crippen LogP contribution in [0.15, 0.2) is 36.0 Å². The minimum absolute atomic E-state index is 0.761. The van der Waals surface area contributed by atoms with Gasteiger partial charge in [-0.2, -0.15) is 0 Å². The number of thiophene rings is 1. The van der Waals surface area contributed by atoms with Crippen molar-refractivity contribution in [2.75, 3.05) is 18.0 Å². The maximum atomic E-state index is 6.03. The normalized spacial score (nSPS) is 15.8. The summed E-state index contributed by atoms with van der Waals surface area (Å²) in [5.41, 5.74) is 2.38. The zero-order chi connectivity index (χ0) is 15.6. The number of fused-ring (bicyclic) bond motifs is 1. The van der Waals surface area contributed by atoms with Gasteiger partial charge in [-0.15, -0.1) is 11.3 Å². The van der Waals surface area contributed by atoms with Gasteiger partial charge in [0.15, 0.2) is 0 Å². The molecule has 5 heteroatoms. The van der Waals surface area contributed by atoms with Gasteiger partial charge in [-0.25, -0.2) is 9.97 Å². The number of nitrogens with zero attached hydrogens (tertiary/aromatic N) is 3. The molecule has 0 atom stereocenters. The molecule has 3 heterocycles. The fourth-order valence-corrected chi connectivity index (χ4v) is 4.26. The topological polar surface area (TPSA) is 29.0 Å². The lowest BCUT2D eigenvalue weighted by Gasteiger charge is -2.22. The highest BCUT2D eigenvalue weighted by atomic mass is 35.5. The first-order valence-electron chi connectivity index (χ1n) is 8.06. The van der Waals surface area contributed by atoms with Crippen LogP contribution in [0.2, 0.25) is 5.02 Å². The molecule has 0 aliphatic carbocycles. The third kappa shape index (κ3) is 2.93. The predicted molar refractivity (Wildman–Crippen MR) is 98.5 cm³/mol. The van der Waals surface area contributed by atoms with Crippen molar-refractivity contribution >= 4 is 39.0 Å². The third-order valence-corrected chi connectivity index (χ3v) is 5.55. The van der Waals surface area contributed by atoms with E-state index in [4.69, 9.17) is 11.6 Å². The van der Waals surface area contributed by atoms with E-state index in [2.05, 4.69) is 32.4 Å². The van der Waals surface area contributed by atoms with E-state index in [9.17, 15) is 0 Å². The molecule has 2 aromatic heterocycles. The highest BCUT2D eigenvalue weighted by molar-refractivity contribution is 7.17. The predicted octanol–water partition coefficient (Wildman–Crippen LogP) is 5.39. The molecule has 0 radical (unpaired) electrons. The van der Waals surface area contributed by atoms with Crippen molar-refractivity contribution in [1.82, 2.24) is 9.97 Å². The lowest BCUT2D eigenvalue weighted by atomic mass is 10.1. The van der Waals surface area contributed by atoms with Gasteiger partial charge < -0.3 is 4.90 Å². The Morgan fingerprint density at radius 2 is 1.70 bits per heavy atom. The fraction of sp³-hybridized carbons (Fsp3) is 0.333. The second kappa shape index (κ2) is 6.46. The molecule has 0 unspecified atom stereocenters. The average Bonchev–Trinajstić information content (AvgIpc) is 2.83. The maximum Gasteiger partial charge on any atom is 0.141 e. The number of rotatable bonds is 2. The van der Waals surface area contributed by atoms with Crippen LogP contribution in [-0.2, 0) is 0 Å². The van der Waals surface area contributed by atoms with E-state index < -0.39 is 0 Å². The molecule has 118 valence electrons.